The first-order valence-electron chi connectivity index (χ1n) is 18.5. The number of fused-ring (bicyclic) bond motifs is 1. The van der Waals surface area contributed by atoms with Crippen molar-refractivity contribution in [3.05, 3.63) is 197 Å². The molecule has 54 heavy (non-hydrogen) atoms. The Bertz CT molecular complexity index is 2250. The van der Waals surface area contributed by atoms with Gasteiger partial charge in [-0.1, -0.05) is 152 Å². The number of nitrogens with zero attached hydrogens (tertiary/aromatic N) is 5. The van der Waals surface area contributed by atoms with Crippen molar-refractivity contribution in [3.8, 4) is 22.5 Å². The van der Waals surface area contributed by atoms with Gasteiger partial charge < -0.3 is 4.74 Å². The summed E-state index contributed by atoms with van der Waals surface area (Å²) < 4.78 is 7.42. The first kappa shape index (κ1) is 34.8. The molecule has 2 heterocycles. The predicted molar refractivity (Wildman–Crippen MR) is 209 cm³/mol. The number of hydrogen-bond acceptors (Lipinski definition) is 7. The fourth-order valence-electron chi connectivity index (χ4n) is 7.92. The van der Waals surface area contributed by atoms with Gasteiger partial charge in [0.25, 0.3) is 0 Å². The van der Waals surface area contributed by atoms with Gasteiger partial charge in [-0.2, -0.15) is 5.06 Å². The van der Waals surface area contributed by atoms with E-state index in [2.05, 4.69) is 120 Å². The van der Waals surface area contributed by atoms with E-state index in [1.54, 1.807) is 0 Å². The molecule has 0 fully saturated rings. The minimum absolute atomic E-state index is 0.134. The maximum atomic E-state index is 13.0. The normalized spacial score (nSPS) is 14.1. The minimum Gasteiger partial charge on any atom is -0.462 e. The average Bonchev–Trinajstić information content (AvgIpc) is 3.85. The molecule has 0 radical (unpaired) electrons. The lowest BCUT2D eigenvalue weighted by molar-refractivity contribution is -0.182. The second kappa shape index (κ2) is 15.4. The van der Waals surface area contributed by atoms with Gasteiger partial charge in [-0.25, -0.2) is 9.48 Å². The van der Waals surface area contributed by atoms with E-state index in [9.17, 15) is 4.79 Å². The first-order chi connectivity index (χ1) is 26.6. The Kier molecular flexibility index (Phi) is 9.94. The van der Waals surface area contributed by atoms with Crippen molar-refractivity contribution in [2.24, 2.45) is 0 Å². The number of carbonyl (C=O) groups is 1. The molecule has 6 aromatic carbocycles. The summed E-state index contributed by atoms with van der Waals surface area (Å²) in [4.78, 5) is 19.1. The molecule has 0 saturated heterocycles. The third kappa shape index (κ3) is 6.29. The average molecular weight is 712 g/mol. The molecule has 0 bridgehead atoms. The molecule has 8 nitrogen and oxygen atoms in total. The second-order valence-electron chi connectivity index (χ2n) is 13.3. The standard InChI is InChI=1S/C46H41N5O3/c1-3-53-45(52)41-26-16-17-35-32-50(54-4-2)42(43(35)41)31-33-27-29-34(30-28-33)39-24-14-15-25-40(39)44-47-48-49-51(44)46(36-18-8-5-9-19-36,37-20-10-6-11-21-37)38-22-12-7-13-23-38/h5-30,42H,3-4,31-32H2,1-2H3. The Morgan fingerprint density at radius 1 is 0.685 bits per heavy atom. The molecule has 8 rings (SSSR count). The molecule has 8 heteroatoms. The van der Waals surface area contributed by atoms with Crippen molar-refractivity contribution in [3.63, 3.8) is 0 Å². The van der Waals surface area contributed by atoms with Crippen LogP contribution in [0.3, 0.4) is 0 Å². The number of benzene rings is 6. The largest absolute Gasteiger partial charge is 0.462 e. The molecule has 0 aliphatic carbocycles. The van der Waals surface area contributed by atoms with Crippen molar-refractivity contribution in [1.29, 1.82) is 0 Å². The Morgan fingerprint density at radius 3 is 1.87 bits per heavy atom. The van der Waals surface area contributed by atoms with Crippen molar-refractivity contribution in [2.45, 2.75) is 38.4 Å². The Hall–Kier alpha value is -6.22. The molecule has 268 valence electrons. The van der Waals surface area contributed by atoms with Gasteiger partial charge in [0.1, 0.15) is 5.54 Å². The SMILES string of the molecule is CCOC(=O)c1cccc2c1C(Cc1ccc(-c3ccccc3-c3nnnn3C(c3ccccc3)(c3ccccc3)c3ccccc3)cc1)N(OCC)C2. The van der Waals surface area contributed by atoms with E-state index in [-0.39, 0.29) is 12.0 Å². The van der Waals surface area contributed by atoms with Gasteiger partial charge in [0, 0.05) is 5.56 Å². The summed E-state index contributed by atoms with van der Waals surface area (Å²) >= 11 is 0. The maximum absolute atomic E-state index is 13.0. The number of hydrogen-bond donors (Lipinski definition) is 0. The zero-order valence-corrected chi connectivity index (χ0v) is 30.4. The molecular weight excluding hydrogens is 671 g/mol. The van der Waals surface area contributed by atoms with Gasteiger partial charge in [0.2, 0.25) is 0 Å². The minimum atomic E-state index is -0.869. The molecule has 1 atom stereocenters. The van der Waals surface area contributed by atoms with Gasteiger partial charge >= 0.3 is 5.97 Å². The van der Waals surface area contributed by atoms with Gasteiger partial charge in [0.15, 0.2) is 5.82 Å². The van der Waals surface area contributed by atoms with Crippen LogP contribution in [-0.4, -0.2) is 44.5 Å². The van der Waals surface area contributed by atoms with Crippen LogP contribution in [0.2, 0.25) is 0 Å². The van der Waals surface area contributed by atoms with Crippen LogP contribution in [0.4, 0.5) is 0 Å². The molecule has 0 spiro atoms. The highest BCUT2D eigenvalue weighted by atomic mass is 16.7. The molecular formula is C46H41N5O3. The van der Waals surface area contributed by atoms with Gasteiger partial charge in [-0.3, -0.25) is 4.84 Å². The van der Waals surface area contributed by atoms with Gasteiger partial charge in [0.05, 0.1) is 31.4 Å². The Balaban J connectivity index is 1.20. The lowest BCUT2D eigenvalue weighted by Crippen LogP contribution is -2.39. The van der Waals surface area contributed by atoms with E-state index in [4.69, 9.17) is 19.9 Å². The number of esters is 1. The molecule has 0 amide bonds. The molecule has 1 unspecified atom stereocenters. The molecule has 0 saturated carbocycles. The summed E-state index contributed by atoms with van der Waals surface area (Å²) in [6.07, 6.45) is 0.664. The smallest absolute Gasteiger partial charge is 0.338 e. The van der Waals surface area contributed by atoms with Crippen molar-refractivity contribution >= 4 is 5.97 Å². The molecule has 0 N–H and O–H groups in total. The summed E-state index contributed by atoms with van der Waals surface area (Å²) in [5.74, 6) is 0.343. The quantitative estimate of drug-likeness (QED) is 0.0924. The highest BCUT2D eigenvalue weighted by molar-refractivity contribution is 5.92. The lowest BCUT2D eigenvalue weighted by Gasteiger charge is -2.36. The monoisotopic (exact) mass is 711 g/mol. The van der Waals surface area contributed by atoms with E-state index in [1.165, 1.54) is 0 Å². The van der Waals surface area contributed by atoms with E-state index < -0.39 is 5.54 Å². The van der Waals surface area contributed by atoms with Crippen LogP contribution in [0.1, 0.15) is 63.6 Å². The molecule has 1 aliphatic rings. The highest BCUT2D eigenvalue weighted by Gasteiger charge is 2.42. The van der Waals surface area contributed by atoms with Crippen LogP contribution in [0.5, 0.6) is 0 Å². The van der Waals surface area contributed by atoms with E-state index >= 15 is 0 Å². The first-order valence-corrected chi connectivity index (χ1v) is 18.5. The van der Waals surface area contributed by atoms with Crippen LogP contribution in [0.15, 0.2) is 158 Å². The number of rotatable bonds is 12. The van der Waals surface area contributed by atoms with Crippen LogP contribution in [0.25, 0.3) is 22.5 Å². The van der Waals surface area contributed by atoms with Crippen LogP contribution < -0.4 is 0 Å². The maximum Gasteiger partial charge on any atom is 0.338 e. The van der Waals surface area contributed by atoms with Crippen LogP contribution in [0, 0.1) is 0 Å². The molecule has 7 aromatic rings. The third-order valence-electron chi connectivity index (χ3n) is 10.2. The van der Waals surface area contributed by atoms with Gasteiger partial charge in [-0.15, -0.1) is 5.10 Å². The number of ether oxygens (including phenoxy) is 1. The fraction of sp³-hybridized carbons (Fsp3) is 0.174. The summed E-state index contributed by atoms with van der Waals surface area (Å²) in [6.45, 7) is 5.28. The fourth-order valence-corrected chi connectivity index (χ4v) is 7.92. The summed E-state index contributed by atoms with van der Waals surface area (Å²) in [5.41, 5.74) is 8.99. The number of hydroxylamine groups is 2. The third-order valence-corrected chi connectivity index (χ3v) is 10.2. The summed E-state index contributed by atoms with van der Waals surface area (Å²) in [5, 5.41) is 15.8. The Labute approximate surface area is 315 Å². The Morgan fingerprint density at radius 2 is 1.28 bits per heavy atom. The number of tetrazole rings is 1. The van der Waals surface area contributed by atoms with Crippen molar-refractivity contribution in [2.75, 3.05) is 13.2 Å². The molecule has 1 aliphatic heterocycles. The van der Waals surface area contributed by atoms with E-state index in [0.29, 0.717) is 37.6 Å². The highest BCUT2D eigenvalue weighted by Crippen LogP contribution is 2.44. The number of aromatic nitrogens is 4. The topological polar surface area (TPSA) is 82.4 Å². The van der Waals surface area contributed by atoms with Crippen LogP contribution >= 0.6 is 0 Å². The predicted octanol–water partition coefficient (Wildman–Crippen LogP) is 9.07. The number of carbonyl (C=O) groups excluding carboxylic acids is 1. The van der Waals surface area contributed by atoms with E-state index in [0.717, 1.165) is 50.1 Å². The van der Waals surface area contributed by atoms with Crippen molar-refractivity contribution in [1.82, 2.24) is 25.3 Å². The zero-order valence-electron chi connectivity index (χ0n) is 30.4. The zero-order chi connectivity index (χ0) is 36.9. The van der Waals surface area contributed by atoms with E-state index in [1.807, 2.05) is 66.1 Å². The van der Waals surface area contributed by atoms with Crippen molar-refractivity contribution < 1.29 is 14.4 Å². The second-order valence-corrected chi connectivity index (χ2v) is 13.3. The van der Waals surface area contributed by atoms with Gasteiger partial charge in [-0.05, 0) is 81.3 Å². The lowest BCUT2D eigenvalue weighted by atomic mass is 9.77. The summed E-state index contributed by atoms with van der Waals surface area (Å²) in [7, 11) is 0. The van der Waals surface area contributed by atoms with Crippen LogP contribution in [-0.2, 0) is 28.1 Å². The summed E-state index contributed by atoms with van der Waals surface area (Å²) in [6, 6.07) is 53.9. The molecule has 1 aromatic heterocycles.